The molecule has 0 bridgehead atoms. The molecule has 2 rings (SSSR count). The Hall–Kier alpha value is -1.26. The van der Waals surface area contributed by atoms with E-state index in [0.717, 1.165) is 51.6 Å². The summed E-state index contributed by atoms with van der Waals surface area (Å²) in [5.74, 6) is -0.407. The zero-order valence-corrected chi connectivity index (χ0v) is 11.6. The fourth-order valence-corrected chi connectivity index (χ4v) is 3.18. The van der Waals surface area contributed by atoms with Gasteiger partial charge in [0, 0.05) is 19.1 Å². The maximum atomic E-state index is 12.6. The Morgan fingerprint density at radius 2 is 1.58 bits per heavy atom. The van der Waals surface area contributed by atoms with Crippen LogP contribution >= 0.6 is 0 Å². The van der Waals surface area contributed by atoms with Gasteiger partial charge in [-0.15, -0.1) is 0 Å². The number of nitrogens with zero attached hydrogens (tertiary/aromatic N) is 2. The molecule has 2 fully saturated rings. The van der Waals surface area contributed by atoms with Crippen LogP contribution in [0.3, 0.4) is 0 Å². The van der Waals surface area contributed by atoms with Gasteiger partial charge < -0.3 is 15.5 Å². The van der Waals surface area contributed by atoms with E-state index in [1.165, 1.54) is 12.8 Å². The molecule has 1 aliphatic carbocycles. The highest BCUT2D eigenvalue weighted by molar-refractivity contribution is 5.83. The first kappa shape index (κ1) is 14.2. The molecule has 1 saturated heterocycles. The summed E-state index contributed by atoms with van der Waals surface area (Å²) in [7, 11) is 0. The normalized spacial score (nSPS) is 21.2. The van der Waals surface area contributed by atoms with Crippen molar-refractivity contribution < 1.29 is 9.59 Å². The van der Waals surface area contributed by atoms with Gasteiger partial charge >= 0.3 is 6.03 Å². The second-order valence-electron chi connectivity index (χ2n) is 5.72. The molecular weight excluding hydrogens is 242 g/mol. The molecule has 0 spiro atoms. The van der Waals surface area contributed by atoms with Crippen molar-refractivity contribution in [3.8, 4) is 0 Å². The Morgan fingerprint density at radius 1 is 1.00 bits per heavy atom. The van der Waals surface area contributed by atoms with E-state index in [1.54, 1.807) is 4.90 Å². The van der Waals surface area contributed by atoms with Gasteiger partial charge in [-0.25, -0.2) is 4.79 Å². The molecule has 3 amide bonds. The summed E-state index contributed by atoms with van der Waals surface area (Å²) in [5, 5.41) is 0. The van der Waals surface area contributed by atoms with Crippen molar-refractivity contribution >= 4 is 11.9 Å². The van der Waals surface area contributed by atoms with Crippen molar-refractivity contribution in [2.45, 2.75) is 57.4 Å². The Kier molecular flexibility index (Phi) is 5.05. The van der Waals surface area contributed by atoms with Crippen LogP contribution in [-0.2, 0) is 4.79 Å². The van der Waals surface area contributed by atoms with Crippen molar-refractivity contribution in [2.75, 3.05) is 19.6 Å². The summed E-state index contributed by atoms with van der Waals surface area (Å²) in [6.45, 7) is 1.71. The van der Waals surface area contributed by atoms with Gasteiger partial charge in [-0.3, -0.25) is 4.79 Å². The van der Waals surface area contributed by atoms with Gasteiger partial charge in [0.25, 0.3) is 0 Å². The minimum Gasteiger partial charge on any atom is -0.368 e. The van der Waals surface area contributed by atoms with Crippen LogP contribution < -0.4 is 5.73 Å². The quantitative estimate of drug-likeness (QED) is 0.846. The third-order valence-electron chi connectivity index (χ3n) is 4.21. The average Bonchev–Trinajstić information content (AvgIpc) is 2.77. The first-order valence-corrected chi connectivity index (χ1v) is 7.52. The zero-order chi connectivity index (χ0) is 13.7. The monoisotopic (exact) mass is 267 g/mol. The molecule has 1 aliphatic heterocycles. The fraction of sp³-hybridized carbons (Fsp3) is 0.857. The number of amides is 3. The maximum absolute atomic E-state index is 12.6. The largest absolute Gasteiger partial charge is 0.368 e. The molecule has 1 saturated carbocycles. The molecule has 0 radical (unpaired) electrons. The number of nitrogens with two attached hydrogens (primary N) is 1. The first-order valence-electron chi connectivity index (χ1n) is 7.52. The predicted octanol–water partition coefficient (Wildman–Crippen LogP) is 1.71. The SMILES string of the molecule is NC(=O)CN(C(=O)N1CCCCCC1)C1CCCC1. The topological polar surface area (TPSA) is 66.6 Å². The van der Waals surface area contributed by atoms with E-state index in [4.69, 9.17) is 5.73 Å². The second kappa shape index (κ2) is 6.78. The first-order chi connectivity index (χ1) is 9.18. The summed E-state index contributed by atoms with van der Waals surface area (Å²) >= 11 is 0. The van der Waals surface area contributed by atoms with Crippen LogP contribution in [0.5, 0.6) is 0 Å². The van der Waals surface area contributed by atoms with E-state index in [2.05, 4.69) is 0 Å². The Balaban J connectivity index is 2.02. The summed E-state index contributed by atoms with van der Waals surface area (Å²) in [4.78, 5) is 27.5. The van der Waals surface area contributed by atoms with E-state index >= 15 is 0 Å². The minimum absolute atomic E-state index is 0.0209. The smallest absolute Gasteiger partial charge is 0.320 e. The summed E-state index contributed by atoms with van der Waals surface area (Å²) in [6, 6.07) is 0.232. The molecule has 0 aromatic carbocycles. The number of hydrogen-bond donors (Lipinski definition) is 1. The Labute approximate surface area is 115 Å². The van der Waals surface area contributed by atoms with Gasteiger partial charge in [-0.05, 0) is 25.7 Å². The molecule has 0 atom stereocenters. The van der Waals surface area contributed by atoms with Crippen molar-refractivity contribution in [2.24, 2.45) is 5.73 Å². The molecule has 5 heteroatoms. The van der Waals surface area contributed by atoms with Crippen LogP contribution in [0.4, 0.5) is 4.79 Å². The van der Waals surface area contributed by atoms with Crippen molar-refractivity contribution in [3.05, 3.63) is 0 Å². The zero-order valence-electron chi connectivity index (χ0n) is 11.6. The fourth-order valence-electron chi connectivity index (χ4n) is 3.18. The number of primary amides is 1. The molecule has 2 aliphatic rings. The number of likely N-dealkylation sites (tertiary alicyclic amines) is 1. The highest BCUT2D eigenvalue weighted by atomic mass is 16.2. The lowest BCUT2D eigenvalue weighted by molar-refractivity contribution is -0.119. The second-order valence-corrected chi connectivity index (χ2v) is 5.72. The van der Waals surface area contributed by atoms with E-state index in [9.17, 15) is 9.59 Å². The Bertz CT molecular complexity index is 319. The molecule has 1 heterocycles. The summed E-state index contributed by atoms with van der Waals surface area (Å²) in [6.07, 6.45) is 8.84. The summed E-state index contributed by atoms with van der Waals surface area (Å²) in [5.41, 5.74) is 5.31. The van der Waals surface area contributed by atoms with Gasteiger partial charge in [-0.2, -0.15) is 0 Å². The molecule has 2 N–H and O–H groups in total. The molecule has 5 nitrogen and oxygen atoms in total. The van der Waals surface area contributed by atoms with Crippen LogP contribution in [0.15, 0.2) is 0 Å². The van der Waals surface area contributed by atoms with E-state index < -0.39 is 5.91 Å². The number of urea groups is 1. The Morgan fingerprint density at radius 3 is 2.11 bits per heavy atom. The van der Waals surface area contributed by atoms with Gasteiger partial charge in [0.2, 0.25) is 5.91 Å². The van der Waals surface area contributed by atoms with Crippen molar-refractivity contribution in [1.82, 2.24) is 9.80 Å². The van der Waals surface area contributed by atoms with Gasteiger partial charge in [-0.1, -0.05) is 25.7 Å². The third-order valence-corrected chi connectivity index (χ3v) is 4.21. The summed E-state index contributed by atoms with van der Waals surface area (Å²) < 4.78 is 0. The maximum Gasteiger partial charge on any atom is 0.320 e. The van der Waals surface area contributed by atoms with E-state index in [1.807, 2.05) is 4.90 Å². The molecule has 0 unspecified atom stereocenters. The lowest BCUT2D eigenvalue weighted by atomic mass is 10.2. The van der Waals surface area contributed by atoms with Gasteiger partial charge in [0.1, 0.15) is 6.54 Å². The van der Waals surface area contributed by atoms with E-state index in [0.29, 0.717) is 0 Å². The van der Waals surface area contributed by atoms with Crippen LogP contribution in [0.2, 0.25) is 0 Å². The highest BCUT2D eigenvalue weighted by Gasteiger charge is 2.30. The van der Waals surface area contributed by atoms with E-state index in [-0.39, 0.29) is 18.6 Å². The van der Waals surface area contributed by atoms with Crippen LogP contribution in [0.1, 0.15) is 51.4 Å². The molecule has 19 heavy (non-hydrogen) atoms. The van der Waals surface area contributed by atoms with Gasteiger partial charge in [0.15, 0.2) is 0 Å². The van der Waals surface area contributed by atoms with Crippen molar-refractivity contribution in [3.63, 3.8) is 0 Å². The molecule has 0 aromatic rings. The average molecular weight is 267 g/mol. The third kappa shape index (κ3) is 3.85. The standard InChI is InChI=1S/C14H25N3O2/c15-13(18)11-17(12-7-3-4-8-12)14(19)16-9-5-1-2-6-10-16/h12H,1-11H2,(H2,15,18). The minimum atomic E-state index is -0.407. The van der Waals surface area contributed by atoms with Crippen LogP contribution in [0.25, 0.3) is 0 Å². The lowest BCUT2D eigenvalue weighted by Crippen LogP contribution is -2.50. The number of carbonyl (C=O) groups is 2. The number of rotatable bonds is 3. The number of carbonyl (C=O) groups excluding carboxylic acids is 2. The molecular formula is C14H25N3O2. The molecule has 108 valence electrons. The predicted molar refractivity (Wildman–Crippen MR) is 73.6 cm³/mol. The molecule has 0 aromatic heterocycles. The van der Waals surface area contributed by atoms with Crippen LogP contribution in [0, 0.1) is 0 Å². The number of hydrogen-bond acceptors (Lipinski definition) is 2. The lowest BCUT2D eigenvalue weighted by Gasteiger charge is -2.33. The highest BCUT2D eigenvalue weighted by Crippen LogP contribution is 2.25. The van der Waals surface area contributed by atoms with Gasteiger partial charge in [0.05, 0.1) is 0 Å². The van der Waals surface area contributed by atoms with Crippen molar-refractivity contribution in [1.29, 1.82) is 0 Å². The van der Waals surface area contributed by atoms with Crippen LogP contribution in [-0.4, -0.2) is 47.4 Å².